The van der Waals surface area contributed by atoms with E-state index in [1.54, 1.807) is 12.1 Å². The molecule has 2 aromatic carbocycles. The Morgan fingerprint density at radius 1 is 1.10 bits per heavy atom. The lowest BCUT2D eigenvalue weighted by Gasteiger charge is -2.11. The zero-order chi connectivity index (χ0) is 14.8. The number of hydrogen-bond donors (Lipinski definition) is 3. The molecule has 0 aliphatic carbocycles. The average Bonchev–Trinajstić information content (AvgIpc) is 2.85. The topological polar surface area (TPSA) is 53.8 Å². The zero-order valence-electron chi connectivity index (χ0n) is 11.3. The average molecular weight is 320 g/mol. The van der Waals surface area contributed by atoms with E-state index in [4.69, 9.17) is 28.9 Å². The molecule has 0 radical (unpaired) electrons. The van der Waals surface area contributed by atoms with Crippen molar-refractivity contribution in [3.05, 3.63) is 58.2 Å². The van der Waals surface area contributed by atoms with Crippen molar-refractivity contribution in [2.24, 2.45) is 0 Å². The van der Waals surface area contributed by atoms with Crippen molar-refractivity contribution in [2.45, 2.75) is 6.42 Å². The van der Waals surface area contributed by atoms with Crippen LogP contribution in [-0.2, 0) is 6.42 Å². The lowest BCUT2D eigenvalue weighted by atomic mass is 10.1. The summed E-state index contributed by atoms with van der Waals surface area (Å²) >= 11 is 12.3. The number of anilines is 2. The largest absolute Gasteiger partial charge is 0.399 e. The van der Waals surface area contributed by atoms with Crippen molar-refractivity contribution in [2.75, 3.05) is 17.6 Å². The van der Waals surface area contributed by atoms with Crippen molar-refractivity contribution in [1.29, 1.82) is 0 Å². The van der Waals surface area contributed by atoms with E-state index in [1.165, 1.54) is 10.9 Å². The van der Waals surface area contributed by atoms with Crippen molar-refractivity contribution in [1.82, 2.24) is 4.98 Å². The smallest absolute Gasteiger partial charge is 0.0720 e. The Balaban J connectivity index is 1.72. The van der Waals surface area contributed by atoms with Gasteiger partial charge in [0.05, 0.1) is 15.7 Å². The fourth-order valence-electron chi connectivity index (χ4n) is 2.42. The highest BCUT2D eigenvalue weighted by molar-refractivity contribution is 6.39. The van der Waals surface area contributed by atoms with Crippen LogP contribution in [0.15, 0.2) is 42.6 Å². The van der Waals surface area contributed by atoms with Gasteiger partial charge in [-0.3, -0.25) is 0 Å². The molecule has 0 aliphatic heterocycles. The van der Waals surface area contributed by atoms with Gasteiger partial charge in [-0.25, -0.2) is 0 Å². The second-order valence-electron chi connectivity index (χ2n) is 4.90. The monoisotopic (exact) mass is 319 g/mol. The summed E-state index contributed by atoms with van der Waals surface area (Å²) in [7, 11) is 0. The quantitative estimate of drug-likeness (QED) is 0.610. The van der Waals surface area contributed by atoms with Crippen LogP contribution in [0.25, 0.3) is 10.9 Å². The maximum atomic E-state index is 6.16. The standard InChI is InChI=1S/C16H15Cl2N3/c17-13-7-11(19)8-14(18)16(13)20-6-5-10-9-21-15-4-2-1-3-12(10)15/h1-4,7-9,20-21H,5-6,19H2. The minimum absolute atomic E-state index is 0.541. The molecule has 4 N–H and O–H groups in total. The number of H-pyrrole nitrogens is 1. The summed E-state index contributed by atoms with van der Waals surface area (Å²) in [5.41, 5.74) is 9.40. The summed E-state index contributed by atoms with van der Waals surface area (Å²) in [4.78, 5) is 3.27. The molecule has 1 aromatic heterocycles. The third-order valence-electron chi connectivity index (χ3n) is 3.44. The Morgan fingerprint density at radius 2 is 1.81 bits per heavy atom. The van der Waals surface area contributed by atoms with Gasteiger partial charge < -0.3 is 16.0 Å². The molecule has 3 aromatic rings. The van der Waals surface area contributed by atoms with Crippen molar-refractivity contribution < 1.29 is 0 Å². The van der Waals surface area contributed by atoms with E-state index in [1.807, 2.05) is 18.3 Å². The number of hydrogen-bond acceptors (Lipinski definition) is 2. The van der Waals surface area contributed by atoms with E-state index in [0.717, 1.165) is 24.2 Å². The first kappa shape index (κ1) is 14.1. The molecular formula is C16H15Cl2N3. The van der Waals surface area contributed by atoms with Crippen LogP contribution in [0.1, 0.15) is 5.56 Å². The first-order valence-corrected chi connectivity index (χ1v) is 7.44. The van der Waals surface area contributed by atoms with Crippen LogP contribution in [0.3, 0.4) is 0 Å². The third kappa shape index (κ3) is 2.94. The Bertz CT molecular complexity index is 757. The highest BCUT2D eigenvalue weighted by Crippen LogP contribution is 2.32. The number of rotatable bonds is 4. The van der Waals surface area contributed by atoms with Gasteiger partial charge in [0.15, 0.2) is 0 Å². The van der Waals surface area contributed by atoms with Gasteiger partial charge in [-0.1, -0.05) is 41.4 Å². The van der Waals surface area contributed by atoms with E-state index >= 15 is 0 Å². The molecule has 3 nitrogen and oxygen atoms in total. The second kappa shape index (κ2) is 5.88. The molecule has 0 fully saturated rings. The van der Waals surface area contributed by atoms with Crippen LogP contribution in [-0.4, -0.2) is 11.5 Å². The molecule has 0 aliphatic rings. The first-order valence-electron chi connectivity index (χ1n) is 6.68. The second-order valence-corrected chi connectivity index (χ2v) is 5.71. The lowest BCUT2D eigenvalue weighted by molar-refractivity contribution is 1.03. The molecule has 21 heavy (non-hydrogen) atoms. The highest BCUT2D eigenvalue weighted by Gasteiger charge is 2.08. The van der Waals surface area contributed by atoms with Gasteiger partial charge in [-0.2, -0.15) is 0 Å². The normalized spacial score (nSPS) is 11.0. The molecule has 0 amide bonds. The van der Waals surface area contributed by atoms with E-state index in [2.05, 4.69) is 22.4 Å². The number of nitrogens with one attached hydrogen (secondary N) is 2. The number of nitrogens with two attached hydrogens (primary N) is 1. The summed E-state index contributed by atoms with van der Waals surface area (Å²) in [6.45, 7) is 0.741. The summed E-state index contributed by atoms with van der Waals surface area (Å²) in [6.07, 6.45) is 2.92. The maximum Gasteiger partial charge on any atom is 0.0720 e. The maximum absolute atomic E-state index is 6.16. The predicted octanol–water partition coefficient (Wildman–Crippen LogP) is 4.71. The molecule has 0 spiro atoms. The number of para-hydroxylation sites is 1. The predicted molar refractivity (Wildman–Crippen MR) is 91.4 cm³/mol. The van der Waals surface area contributed by atoms with Gasteiger partial charge in [0, 0.05) is 29.3 Å². The minimum Gasteiger partial charge on any atom is -0.399 e. The van der Waals surface area contributed by atoms with Crippen LogP contribution >= 0.6 is 23.2 Å². The Kier molecular flexibility index (Phi) is 3.95. The van der Waals surface area contributed by atoms with Crippen LogP contribution in [0.4, 0.5) is 11.4 Å². The lowest BCUT2D eigenvalue weighted by Crippen LogP contribution is -2.06. The molecule has 0 bridgehead atoms. The van der Waals surface area contributed by atoms with E-state index < -0.39 is 0 Å². The molecule has 3 rings (SSSR count). The molecule has 108 valence electrons. The van der Waals surface area contributed by atoms with Crippen LogP contribution < -0.4 is 11.1 Å². The first-order chi connectivity index (χ1) is 10.1. The number of aromatic nitrogens is 1. The number of aromatic amines is 1. The van der Waals surface area contributed by atoms with Gasteiger partial charge in [-0.15, -0.1) is 0 Å². The Labute approximate surface area is 133 Å². The molecule has 0 atom stereocenters. The Hall–Kier alpha value is -1.84. The molecule has 5 heteroatoms. The fraction of sp³-hybridized carbons (Fsp3) is 0.125. The summed E-state index contributed by atoms with van der Waals surface area (Å²) in [5.74, 6) is 0. The summed E-state index contributed by atoms with van der Waals surface area (Å²) in [6, 6.07) is 11.6. The summed E-state index contributed by atoms with van der Waals surface area (Å²) in [5, 5.41) is 5.60. The van der Waals surface area contributed by atoms with E-state index in [0.29, 0.717) is 15.7 Å². The number of halogens is 2. The zero-order valence-corrected chi connectivity index (χ0v) is 12.8. The SMILES string of the molecule is Nc1cc(Cl)c(NCCc2c[nH]c3ccccc23)c(Cl)c1. The van der Waals surface area contributed by atoms with Gasteiger partial charge in [0.25, 0.3) is 0 Å². The molecule has 0 unspecified atom stereocenters. The van der Waals surface area contributed by atoms with E-state index in [9.17, 15) is 0 Å². The van der Waals surface area contributed by atoms with Crippen LogP contribution in [0, 0.1) is 0 Å². The minimum atomic E-state index is 0.541. The number of fused-ring (bicyclic) bond motifs is 1. The molecule has 1 heterocycles. The Morgan fingerprint density at radius 3 is 2.57 bits per heavy atom. The molecule has 0 saturated carbocycles. The van der Waals surface area contributed by atoms with Crippen molar-refractivity contribution >= 4 is 45.5 Å². The number of benzene rings is 2. The van der Waals surface area contributed by atoms with Crippen LogP contribution in [0.5, 0.6) is 0 Å². The number of nitrogen functional groups attached to an aromatic ring is 1. The van der Waals surface area contributed by atoms with Crippen molar-refractivity contribution in [3.8, 4) is 0 Å². The van der Waals surface area contributed by atoms with Gasteiger partial charge in [0.2, 0.25) is 0 Å². The van der Waals surface area contributed by atoms with E-state index in [-0.39, 0.29) is 0 Å². The van der Waals surface area contributed by atoms with Gasteiger partial charge in [-0.05, 0) is 30.2 Å². The van der Waals surface area contributed by atoms with Crippen molar-refractivity contribution in [3.63, 3.8) is 0 Å². The van der Waals surface area contributed by atoms with Gasteiger partial charge >= 0.3 is 0 Å². The fourth-order valence-corrected chi connectivity index (χ4v) is 3.06. The van der Waals surface area contributed by atoms with Crippen LogP contribution in [0.2, 0.25) is 10.0 Å². The molecule has 0 saturated heterocycles. The van der Waals surface area contributed by atoms with Gasteiger partial charge in [0.1, 0.15) is 0 Å². The third-order valence-corrected chi connectivity index (χ3v) is 4.03. The molecular weight excluding hydrogens is 305 g/mol. The highest BCUT2D eigenvalue weighted by atomic mass is 35.5. The summed E-state index contributed by atoms with van der Waals surface area (Å²) < 4.78 is 0.